The fraction of sp³-hybridized carbons (Fsp3) is 0.455. The van der Waals surface area contributed by atoms with Crippen LogP contribution >= 0.6 is 11.3 Å². The number of likely N-dealkylation sites (tertiary alicyclic amines) is 1. The summed E-state index contributed by atoms with van der Waals surface area (Å²) in [5.41, 5.74) is 1.06. The summed E-state index contributed by atoms with van der Waals surface area (Å²) >= 11 is 1.52. The molecule has 0 saturated carbocycles. The number of fused-ring (bicyclic) bond motifs is 1. The van der Waals surface area contributed by atoms with Gasteiger partial charge in [-0.25, -0.2) is 9.78 Å². The van der Waals surface area contributed by atoms with Gasteiger partial charge in [0.25, 0.3) is 5.91 Å². The molecular weight excluding hydrogens is 414 g/mol. The van der Waals surface area contributed by atoms with Crippen LogP contribution in [-0.4, -0.2) is 50.0 Å². The van der Waals surface area contributed by atoms with Crippen molar-refractivity contribution in [2.75, 3.05) is 13.1 Å². The summed E-state index contributed by atoms with van der Waals surface area (Å²) in [5, 5.41) is 2.94. The number of nitrogens with zero attached hydrogens (tertiary/aromatic N) is 4. The van der Waals surface area contributed by atoms with Gasteiger partial charge in [-0.2, -0.15) is 0 Å². The number of carbonyl (C=O) groups excluding carboxylic acids is 2. The second-order valence-corrected chi connectivity index (χ2v) is 9.81. The van der Waals surface area contributed by atoms with Crippen molar-refractivity contribution in [1.82, 2.24) is 24.6 Å². The normalized spacial score (nSPS) is 15.3. The Hall–Kier alpha value is -2.94. The zero-order valence-electron chi connectivity index (χ0n) is 18.0. The number of imidazole rings is 1. The zero-order chi connectivity index (χ0) is 22.0. The summed E-state index contributed by atoms with van der Waals surface area (Å²) in [7, 11) is 0. The van der Waals surface area contributed by atoms with Crippen molar-refractivity contribution in [1.29, 1.82) is 0 Å². The van der Waals surface area contributed by atoms with Crippen molar-refractivity contribution in [3.8, 4) is 0 Å². The smallest absolute Gasteiger partial charge is 0.410 e. The van der Waals surface area contributed by atoms with Gasteiger partial charge in [-0.05, 0) is 51.7 Å². The van der Waals surface area contributed by atoms with Crippen LogP contribution in [-0.2, 0) is 11.3 Å². The Kier molecular flexibility index (Phi) is 5.95. The molecule has 0 atom stereocenters. The van der Waals surface area contributed by atoms with Gasteiger partial charge in [-0.3, -0.25) is 9.78 Å². The summed E-state index contributed by atoms with van der Waals surface area (Å²) in [5.74, 6) is 0.255. The molecule has 3 aromatic rings. The predicted octanol–water partition coefficient (Wildman–Crippen LogP) is 3.84. The topological polar surface area (TPSA) is 88.8 Å². The summed E-state index contributed by atoms with van der Waals surface area (Å²) < 4.78 is 7.34. The first-order valence-corrected chi connectivity index (χ1v) is 11.2. The monoisotopic (exact) mass is 441 g/mol. The third kappa shape index (κ3) is 5.22. The molecule has 1 aliphatic rings. The lowest BCUT2D eigenvalue weighted by atomic mass is 9.95. The van der Waals surface area contributed by atoms with E-state index in [0.717, 1.165) is 24.2 Å². The second kappa shape index (κ2) is 8.66. The number of piperidine rings is 1. The molecule has 4 heterocycles. The fourth-order valence-corrected chi connectivity index (χ4v) is 4.68. The molecule has 0 unspecified atom stereocenters. The van der Waals surface area contributed by atoms with Crippen molar-refractivity contribution >= 4 is 29.0 Å². The summed E-state index contributed by atoms with van der Waals surface area (Å²) in [6, 6.07) is 3.91. The van der Waals surface area contributed by atoms with Gasteiger partial charge in [-0.1, -0.05) is 0 Å². The van der Waals surface area contributed by atoms with E-state index >= 15 is 0 Å². The number of rotatable bonds is 4. The van der Waals surface area contributed by atoms with E-state index in [2.05, 4.69) is 15.3 Å². The van der Waals surface area contributed by atoms with Crippen molar-refractivity contribution in [3.63, 3.8) is 0 Å². The lowest BCUT2D eigenvalue weighted by molar-refractivity contribution is 0.0205. The maximum absolute atomic E-state index is 12.6. The molecule has 1 fully saturated rings. The van der Waals surface area contributed by atoms with E-state index in [0.29, 0.717) is 30.4 Å². The van der Waals surface area contributed by atoms with Crippen molar-refractivity contribution in [3.05, 3.63) is 52.4 Å². The van der Waals surface area contributed by atoms with Crippen molar-refractivity contribution in [2.24, 2.45) is 0 Å². The number of aromatic nitrogens is 3. The Bertz CT molecular complexity index is 1080. The Morgan fingerprint density at radius 1 is 1.23 bits per heavy atom. The molecule has 9 heteroatoms. The maximum atomic E-state index is 12.6. The molecule has 0 aliphatic carbocycles. The highest BCUT2D eigenvalue weighted by Gasteiger charge is 2.28. The fourth-order valence-electron chi connectivity index (χ4n) is 3.58. The average molecular weight is 442 g/mol. The third-order valence-corrected chi connectivity index (χ3v) is 6.41. The number of hydrogen-bond acceptors (Lipinski definition) is 6. The van der Waals surface area contributed by atoms with E-state index in [-0.39, 0.29) is 12.0 Å². The molecular formula is C22H27N5O3S. The lowest BCUT2D eigenvalue weighted by Crippen LogP contribution is -2.41. The van der Waals surface area contributed by atoms with Gasteiger partial charge in [-0.15, -0.1) is 11.3 Å². The van der Waals surface area contributed by atoms with Gasteiger partial charge in [0.1, 0.15) is 5.60 Å². The first-order chi connectivity index (χ1) is 14.8. The minimum atomic E-state index is -0.482. The highest BCUT2D eigenvalue weighted by molar-refractivity contribution is 7.14. The molecule has 8 nitrogen and oxygen atoms in total. The maximum Gasteiger partial charge on any atom is 0.410 e. The highest BCUT2D eigenvalue weighted by atomic mass is 32.1. The van der Waals surface area contributed by atoms with Crippen LogP contribution in [0.5, 0.6) is 0 Å². The highest BCUT2D eigenvalue weighted by Crippen LogP contribution is 2.33. The molecule has 2 amide bonds. The molecule has 1 aliphatic heterocycles. The minimum absolute atomic E-state index is 0.102. The first-order valence-electron chi connectivity index (χ1n) is 10.4. The SMILES string of the molecule is CC(C)(C)OC(=O)N1CCC(c2ccc(C(=O)NCc3cn4ccnc4cn3)s2)CC1. The van der Waals surface area contributed by atoms with Gasteiger partial charge >= 0.3 is 6.09 Å². The lowest BCUT2D eigenvalue weighted by Gasteiger charge is -2.33. The van der Waals surface area contributed by atoms with Crippen LogP contribution in [0.2, 0.25) is 0 Å². The zero-order valence-corrected chi connectivity index (χ0v) is 18.8. The number of nitrogens with one attached hydrogen (secondary N) is 1. The van der Waals surface area contributed by atoms with Gasteiger partial charge in [0.15, 0.2) is 5.65 Å². The second-order valence-electron chi connectivity index (χ2n) is 8.70. The molecule has 0 spiro atoms. The molecule has 0 bridgehead atoms. The Labute approximate surface area is 185 Å². The summed E-state index contributed by atoms with van der Waals surface area (Å²) in [4.78, 5) is 37.0. The van der Waals surface area contributed by atoms with Crippen LogP contribution in [0.4, 0.5) is 4.79 Å². The van der Waals surface area contributed by atoms with E-state index in [9.17, 15) is 9.59 Å². The Balaban J connectivity index is 1.29. The molecule has 1 saturated heterocycles. The molecule has 0 radical (unpaired) electrons. The molecule has 4 rings (SSSR count). The van der Waals surface area contributed by atoms with E-state index in [1.807, 2.05) is 49.7 Å². The van der Waals surface area contributed by atoms with Gasteiger partial charge in [0, 0.05) is 36.6 Å². The molecule has 3 aromatic heterocycles. The van der Waals surface area contributed by atoms with E-state index in [1.165, 1.54) is 16.2 Å². The van der Waals surface area contributed by atoms with Crippen LogP contribution in [0.3, 0.4) is 0 Å². The average Bonchev–Trinajstić information content (AvgIpc) is 3.40. The molecule has 1 N–H and O–H groups in total. The van der Waals surface area contributed by atoms with Crippen LogP contribution in [0.15, 0.2) is 36.9 Å². The van der Waals surface area contributed by atoms with Crippen LogP contribution in [0.25, 0.3) is 5.65 Å². The molecule has 0 aromatic carbocycles. The summed E-state index contributed by atoms with van der Waals surface area (Å²) in [6.07, 6.45) is 8.60. The Morgan fingerprint density at radius 3 is 2.74 bits per heavy atom. The number of hydrogen-bond donors (Lipinski definition) is 1. The van der Waals surface area contributed by atoms with E-state index in [4.69, 9.17) is 4.74 Å². The van der Waals surface area contributed by atoms with Crippen molar-refractivity contribution in [2.45, 2.75) is 51.7 Å². The number of thiophene rings is 1. The predicted molar refractivity (Wildman–Crippen MR) is 118 cm³/mol. The quantitative estimate of drug-likeness (QED) is 0.665. The Morgan fingerprint density at radius 2 is 2.00 bits per heavy atom. The molecule has 164 valence electrons. The largest absolute Gasteiger partial charge is 0.444 e. The van der Waals surface area contributed by atoms with Crippen LogP contribution in [0.1, 0.15) is 59.8 Å². The van der Waals surface area contributed by atoms with Gasteiger partial charge in [0.2, 0.25) is 0 Å². The number of ether oxygens (including phenoxy) is 1. The number of carbonyl (C=O) groups is 2. The van der Waals surface area contributed by atoms with Gasteiger partial charge < -0.3 is 19.4 Å². The minimum Gasteiger partial charge on any atom is -0.444 e. The van der Waals surface area contributed by atoms with E-state index in [1.54, 1.807) is 17.3 Å². The van der Waals surface area contributed by atoms with Crippen LogP contribution in [0, 0.1) is 0 Å². The van der Waals surface area contributed by atoms with Gasteiger partial charge in [0.05, 0.1) is 23.3 Å². The van der Waals surface area contributed by atoms with Crippen molar-refractivity contribution < 1.29 is 14.3 Å². The summed E-state index contributed by atoms with van der Waals surface area (Å²) in [6.45, 7) is 7.32. The first kappa shape index (κ1) is 21.3. The van der Waals surface area contributed by atoms with E-state index < -0.39 is 5.60 Å². The standard InChI is InChI=1S/C22H27N5O3S/c1-22(2,3)30-21(29)26-9-6-15(7-10-26)17-4-5-18(31-17)20(28)25-12-16-14-27-11-8-23-19(27)13-24-16/h4-5,8,11,13-15H,6-7,9-10,12H2,1-3H3,(H,25,28). The number of amides is 2. The van der Waals surface area contributed by atoms with Crippen LogP contribution < -0.4 is 5.32 Å². The third-order valence-electron chi connectivity index (χ3n) is 5.16. The molecule has 31 heavy (non-hydrogen) atoms.